The van der Waals surface area contributed by atoms with Gasteiger partial charge in [-0.2, -0.15) is 0 Å². The highest BCUT2D eigenvalue weighted by molar-refractivity contribution is 6.30. The molecule has 0 spiro atoms. The first-order valence-corrected chi connectivity index (χ1v) is 14.5. The van der Waals surface area contributed by atoms with E-state index >= 15 is 8.78 Å². The summed E-state index contributed by atoms with van der Waals surface area (Å²) in [5.74, 6) is -2.27. The number of alkyl halides is 1. The molecule has 2 aromatic rings. The minimum absolute atomic E-state index is 0.0635. The van der Waals surface area contributed by atoms with Crippen LogP contribution in [-0.4, -0.2) is 59.2 Å². The minimum atomic E-state index is -1.56. The van der Waals surface area contributed by atoms with E-state index in [9.17, 15) is 9.90 Å². The molecule has 1 amide bonds. The van der Waals surface area contributed by atoms with Crippen LogP contribution in [-0.2, 0) is 10.2 Å². The van der Waals surface area contributed by atoms with Gasteiger partial charge in [-0.15, -0.1) is 0 Å². The number of hydrogen-bond acceptors (Lipinski definition) is 5. The smallest absolute Gasteiger partial charge is 0.237 e. The lowest BCUT2D eigenvalue weighted by Gasteiger charge is -2.43. The van der Waals surface area contributed by atoms with Crippen molar-refractivity contribution < 1.29 is 23.8 Å². The molecule has 0 saturated carbocycles. The molecule has 6 atom stereocenters. The molecule has 1 aliphatic heterocycles. The SMILES string of the molecule is CC(C)(CC1NC(C(=O)NCCC(O)CO)C(c2cccc(Cl)c2F)C1(N)C1=CC=C(Cl)CC1F)c1ccccc1. The Balaban J connectivity index is 1.85. The summed E-state index contributed by atoms with van der Waals surface area (Å²) in [6, 6.07) is 12.6. The van der Waals surface area contributed by atoms with E-state index in [0.717, 1.165) is 5.56 Å². The van der Waals surface area contributed by atoms with Crippen LogP contribution in [0.4, 0.5) is 8.78 Å². The molecular weight excluding hydrogens is 571 g/mol. The number of carbonyl (C=O) groups excluding carboxylic acids is 1. The van der Waals surface area contributed by atoms with Gasteiger partial charge >= 0.3 is 0 Å². The van der Waals surface area contributed by atoms with Crippen molar-refractivity contribution >= 4 is 29.1 Å². The van der Waals surface area contributed by atoms with Gasteiger partial charge in [0.25, 0.3) is 0 Å². The predicted molar refractivity (Wildman–Crippen MR) is 158 cm³/mol. The maximum atomic E-state index is 15.9. The Labute approximate surface area is 249 Å². The number of rotatable bonds is 10. The standard InChI is InChI=1S/C31H37Cl2F2N3O3/c1-30(2,18-7-4-3-5-8-18)16-25-31(36,22-12-11-19(32)15-24(22)34)26(21-9-6-10-23(33)27(21)35)28(38-25)29(41)37-14-13-20(40)17-39/h3-12,20,24-26,28,38-40H,13-17,36H2,1-2H3,(H,37,41). The van der Waals surface area contributed by atoms with Crippen LogP contribution in [0.15, 0.2) is 71.3 Å². The number of aliphatic hydroxyl groups excluding tert-OH is 2. The molecule has 1 fully saturated rings. The van der Waals surface area contributed by atoms with Crippen LogP contribution in [0.2, 0.25) is 5.02 Å². The summed E-state index contributed by atoms with van der Waals surface area (Å²) in [4.78, 5) is 13.7. The van der Waals surface area contributed by atoms with Crippen molar-refractivity contribution in [2.45, 2.75) is 74.3 Å². The fraction of sp³-hybridized carbons (Fsp3) is 0.452. The van der Waals surface area contributed by atoms with Crippen molar-refractivity contribution in [3.05, 3.63) is 93.3 Å². The number of benzene rings is 2. The second kappa shape index (κ2) is 12.9. The zero-order valence-corrected chi connectivity index (χ0v) is 24.6. The van der Waals surface area contributed by atoms with Crippen LogP contribution in [0.25, 0.3) is 0 Å². The first-order chi connectivity index (χ1) is 19.4. The summed E-state index contributed by atoms with van der Waals surface area (Å²) >= 11 is 12.4. The predicted octanol–water partition coefficient (Wildman–Crippen LogP) is 4.62. The molecule has 0 bridgehead atoms. The molecule has 41 heavy (non-hydrogen) atoms. The summed E-state index contributed by atoms with van der Waals surface area (Å²) in [5, 5.41) is 25.2. The normalized spacial score (nSPS) is 27.2. The van der Waals surface area contributed by atoms with Crippen LogP contribution < -0.4 is 16.4 Å². The molecule has 6 nitrogen and oxygen atoms in total. The Morgan fingerprint density at radius 2 is 1.90 bits per heavy atom. The lowest BCUT2D eigenvalue weighted by molar-refractivity contribution is -0.123. The van der Waals surface area contributed by atoms with E-state index in [-0.39, 0.29) is 35.5 Å². The van der Waals surface area contributed by atoms with Crippen LogP contribution in [0, 0.1) is 5.82 Å². The molecule has 0 aromatic heterocycles. The van der Waals surface area contributed by atoms with Crippen molar-refractivity contribution in [2.24, 2.45) is 5.73 Å². The lowest BCUT2D eigenvalue weighted by atomic mass is 9.65. The third kappa shape index (κ3) is 6.53. The molecule has 222 valence electrons. The number of hydrogen-bond donors (Lipinski definition) is 5. The minimum Gasteiger partial charge on any atom is -0.394 e. The van der Waals surface area contributed by atoms with E-state index in [4.69, 9.17) is 34.0 Å². The van der Waals surface area contributed by atoms with Gasteiger partial charge in [0, 0.05) is 30.0 Å². The van der Waals surface area contributed by atoms with Gasteiger partial charge in [0.15, 0.2) is 0 Å². The van der Waals surface area contributed by atoms with Crippen LogP contribution in [0.5, 0.6) is 0 Å². The van der Waals surface area contributed by atoms with Crippen molar-refractivity contribution in [2.75, 3.05) is 13.2 Å². The van der Waals surface area contributed by atoms with Gasteiger partial charge in [-0.3, -0.25) is 4.79 Å². The molecule has 2 aromatic carbocycles. The fourth-order valence-corrected chi connectivity index (χ4v) is 6.49. The molecule has 1 heterocycles. The molecule has 10 heteroatoms. The van der Waals surface area contributed by atoms with Crippen molar-refractivity contribution in [1.29, 1.82) is 0 Å². The van der Waals surface area contributed by atoms with Crippen molar-refractivity contribution in [1.82, 2.24) is 10.6 Å². The Morgan fingerprint density at radius 1 is 1.20 bits per heavy atom. The molecule has 0 radical (unpaired) electrons. The molecule has 1 aliphatic carbocycles. The van der Waals surface area contributed by atoms with E-state index in [1.54, 1.807) is 18.2 Å². The average molecular weight is 609 g/mol. The maximum Gasteiger partial charge on any atom is 0.237 e. The third-order valence-corrected chi connectivity index (χ3v) is 8.89. The van der Waals surface area contributed by atoms with E-state index in [1.807, 2.05) is 44.2 Å². The molecule has 2 aliphatic rings. The van der Waals surface area contributed by atoms with Gasteiger partial charge in [0.2, 0.25) is 5.91 Å². The number of allylic oxidation sites excluding steroid dienone is 3. The number of halogens is 4. The van der Waals surface area contributed by atoms with E-state index in [2.05, 4.69) is 10.6 Å². The summed E-state index contributed by atoms with van der Waals surface area (Å²) in [6.45, 7) is 3.71. The van der Waals surface area contributed by atoms with Crippen LogP contribution in [0.3, 0.4) is 0 Å². The highest BCUT2D eigenvalue weighted by atomic mass is 35.5. The van der Waals surface area contributed by atoms with Crippen molar-refractivity contribution in [3.8, 4) is 0 Å². The summed E-state index contributed by atoms with van der Waals surface area (Å²) < 4.78 is 31.6. The zero-order chi connectivity index (χ0) is 29.9. The molecule has 6 N–H and O–H groups in total. The second-order valence-corrected chi connectivity index (χ2v) is 12.4. The maximum absolute atomic E-state index is 15.9. The molecular formula is C31H37Cl2F2N3O3. The van der Waals surface area contributed by atoms with Crippen molar-refractivity contribution in [3.63, 3.8) is 0 Å². The number of carbonyl (C=O) groups is 1. The largest absolute Gasteiger partial charge is 0.394 e. The van der Waals surface area contributed by atoms with E-state index in [1.165, 1.54) is 12.1 Å². The molecule has 1 saturated heterocycles. The van der Waals surface area contributed by atoms with E-state index < -0.39 is 59.6 Å². The number of aliphatic hydroxyl groups is 2. The topological polar surface area (TPSA) is 108 Å². The third-order valence-electron chi connectivity index (χ3n) is 8.32. The summed E-state index contributed by atoms with van der Waals surface area (Å²) in [5.41, 5.74) is 6.63. The number of nitrogens with two attached hydrogens (primary N) is 1. The summed E-state index contributed by atoms with van der Waals surface area (Å²) in [7, 11) is 0. The zero-order valence-electron chi connectivity index (χ0n) is 23.1. The quantitative estimate of drug-likeness (QED) is 0.271. The number of amides is 1. The lowest BCUT2D eigenvalue weighted by Crippen LogP contribution is -2.58. The first-order valence-electron chi connectivity index (χ1n) is 13.7. The van der Waals surface area contributed by atoms with Gasteiger partial charge in [-0.05, 0) is 47.1 Å². The molecule has 4 rings (SSSR count). The average Bonchev–Trinajstić information content (AvgIpc) is 3.22. The Morgan fingerprint density at radius 3 is 2.56 bits per heavy atom. The van der Waals surface area contributed by atoms with Gasteiger partial charge in [0.1, 0.15) is 12.0 Å². The number of nitrogens with one attached hydrogen (secondary N) is 2. The van der Waals surface area contributed by atoms with Crippen LogP contribution in [0.1, 0.15) is 50.2 Å². The Kier molecular flexibility index (Phi) is 9.94. The van der Waals surface area contributed by atoms with Crippen LogP contribution >= 0.6 is 23.2 Å². The van der Waals surface area contributed by atoms with E-state index in [0.29, 0.717) is 11.5 Å². The Bertz CT molecular complexity index is 1310. The van der Waals surface area contributed by atoms with Gasteiger partial charge in [-0.25, -0.2) is 8.78 Å². The van der Waals surface area contributed by atoms with Gasteiger partial charge in [0.05, 0.1) is 29.3 Å². The van der Waals surface area contributed by atoms with Gasteiger partial charge < -0.3 is 26.6 Å². The highest BCUT2D eigenvalue weighted by Crippen LogP contribution is 2.50. The fourth-order valence-electron chi connectivity index (χ4n) is 6.11. The Hall–Kier alpha value is -2.33. The molecule has 6 unspecified atom stereocenters. The highest BCUT2D eigenvalue weighted by Gasteiger charge is 2.60. The summed E-state index contributed by atoms with van der Waals surface area (Å²) in [6.07, 6.45) is 1.02. The monoisotopic (exact) mass is 607 g/mol. The first kappa shape index (κ1) is 31.6. The van der Waals surface area contributed by atoms with Gasteiger partial charge in [-0.1, -0.05) is 85.6 Å². The second-order valence-electron chi connectivity index (χ2n) is 11.5.